The molecule has 3 nitrogen and oxygen atoms in total. The smallest absolute Gasteiger partial charge is 0.259 e. The maximum atomic E-state index is 12.4. The molecule has 0 unspecified atom stereocenters. The Balaban J connectivity index is 2.15. The number of rotatable bonds is 5. The first-order valence-corrected chi connectivity index (χ1v) is 7.87. The molecule has 4 heteroatoms. The molecule has 0 heterocycles. The topological polar surface area (TPSA) is 38.3 Å². The lowest BCUT2D eigenvalue weighted by Crippen LogP contribution is -2.13. The van der Waals surface area contributed by atoms with Crippen molar-refractivity contribution in [2.24, 2.45) is 0 Å². The monoisotopic (exact) mass is 347 g/mol. The van der Waals surface area contributed by atoms with Gasteiger partial charge in [0, 0.05) is 11.0 Å². The zero-order chi connectivity index (χ0) is 15.2. The van der Waals surface area contributed by atoms with Crippen molar-refractivity contribution in [3.63, 3.8) is 0 Å². The number of hydrogen-bond donors (Lipinski definition) is 1. The number of halogens is 1. The van der Waals surface area contributed by atoms with Gasteiger partial charge in [-0.15, -0.1) is 0 Å². The van der Waals surface area contributed by atoms with Crippen LogP contribution >= 0.6 is 15.9 Å². The molecule has 0 fully saturated rings. The van der Waals surface area contributed by atoms with Gasteiger partial charge in [0.15, 0.2) is 0 Å². The highest BCUT2D eigenvalue weighted by molar-refractivity contribution is 9.09. The average Bonchev–Trinajstić information content (AvgIpc) is 2.49. The molecule has 0 aromatic heterocycles. The van der Waals surface area contributed by atoms with Crippen LogP contribution in [0.1, 0.15) is 21.5 Å². The van der Waals surface area contributed by atoms with Gasteiger partial charge in [-0.05, 0) is 43.2 Å². The Bertz CT molecular complexity index is 623. The Hall–Kier alpha value is -1.81. The highest BCUT2D eigenvalue weighted by Crippen LogP contribution is 2.21. The minimum Gasteiger partial charge on any atom is -0.496 e. The van der Waals surface area contributed by atoms with Gasteiger partial charge in [-0.3, -0.25) is 4.79 Å². The summed E-state index contributed by atoms with van der Waals surface area (Å²) in [5, 5.41) is 3.83. The van der Waals surface area contributed by atoms with E-state index >= 15 is 0 Å². The van der Waals surface area contributed by atoms with Crippen molar-refractivity contribution in [2.75, 3.05) is 17.8 Å². The van der Waals surface area contributed by atoms with E-state index in [1.54, 1.807) is 7.11 Å². The Kier molecular flexibility index (Phi) is 5.39. The van der Waals surface area contributed by atoms with Gasteiger partial charge in [0.05, 0.1) is 12.7 Å². The molecule has 2 aromatic carbocycles. The Morgan fingerprint density at radius 3 is 2.52 bits per heavy atom. The summed E-state index contributed by atoms with van der Waals surface area (Å²) >= 11 is 3.41. The fourth-order valence-electron chi connectivity index (χ4n) is 2.06. The number of ether oxygens (including phenoxy) is 1. The third-order valence-electron chi connectivity index (χ3n) is 3.19. The first-order chi connectivity index (χ1) is 10.1. The molecule has 0 saturated carbocycles. The molecule has 2 rings (SSSR count). The van der Waals surface area contributed by atoms with Crippen LogP contribution in [0.25, 0.3) is 0 Å². The summed E-state index contributed by atoms with van der Waals surface area (Å²) in [5.74, 6) is 0.415. The summed E-state index contributed by atoms with van der Waals surface area (Å²) in [6.45, 7) is 1.95. The number of amides is 1. The molecular formula is C17H18BrNO2. The number of alkyl halides is 1. The maximum absolute atomic E-state index is 12.4. The third kappa shape index (κ3) is 4.08. The molecule has 110 valence electrons. The predicted octanol–water partition coefficient (Wildman–Crippen LogP) is 4.19. The van der Waals surface area contributed by atoms with E-state index in [1.807, 2.05) is 49.4 Å². The van der Waals surface area contributed by atoms with Crippen LogP contribution in [-0.4, -0.2) is 18.3 Å². The van der Waals surface area contributed by atoms with Crippen LogP contribution in [0.3, 0.4) is 0 Å². The second kappa shape index (κ2) is 7.27. The van der Waals surface area contributed by atoms with Crippen LogP contribution in [0, 0.1) is 6.92 Å². The average molecular weight is 348 g/mol. The van der Waals surface area contributed by atoms with Gasteiger partial charge < -0.3 is 10.1 Å². The van der Waals surface area contributed by atoms with Gasteiger partial charge in [-0.25, -0.2) is 0 Å². The van der Waals surface area contributed by atoms with Crippen molar-refractivity contribution in [3.05, 3.63) is 59.2 Å². The van der Waals surface area contributed by atoms with E-state index in [-0.39, 0.29) is 5.91 Å². The van der Waals surface area contributed by atoms with E-state index in [9.17, 15) is 4.79 Å². The maximum Gasteiger partial charge on any atom is 0.259 e. The van der Waals surface area contributed by atoms with E-state index in [2.05, 4.69) is 21.2 Å². The number of carbonyl (C=O) groups is 1. The molecule has 0 spiro atoms. The van der Waals surface area contributed by atoms with Crippen LogP contribution in [-0.2, 0) is 6.42 Å². The van der Waals surface area contributed by atoms with Crippen LogP contribution < -0.4 is 10.1 Å². The van der Waals surface area contributed by atoms with Crippen molar-refractivity contribution >= 4 is 27.5 Å². The summed E-state index contributed by atoms with van der Waals surface area (Å²) in [4.78, 5) is 12.4. The number of nitrogens with one attached hydrogen (secondary N) is 1. The van der Waals surface area contributed by atoms with Crippen LogP contribution in [0.5, 0.6) is 5.75 Å². The summed E-state index contributed by atoms with van der Waals surface area (Å²) in [5.41, 5.74) is 3.58. The minimum absolute atomic E-state index is 0.163. The van der Waals surface area contributed by atoms with E-state index in [1.165, 1.54) is 5.56 Å². The van der Waals surface area contributed by atoms with Gasteiger partial charge in [0.2, 0.25) is 0 Å². The first-order valence-electron chi connectivity index (χ1n) is 6.75. The van der Waals surface area contributed by atoms with E-state index in [0.717, 1.165) is 23.0 Å². The standard InChI is InChI=1S/C17H18BrNO2/c1-12-3-8-16(21-2)15(11-12)17(20)19-14-6-4-13(5-7-14)9-10-18/h3-8,11H,9-10H2,1-2H3,(H,19,20). The second-order valence-electron chi connectivity index (χ2n) is 4.79. The van der Waals surface area contributed by atoms with Crippen LogP contribution in [0.2, 0.25) is 0 Å². The van der Waals surface area contributed by atoms with Gasteiger partial charge >= 0.3 is 0 Å². The quantitative estimate of drug-likeness (QED) is 0.823. The molecule has 0 radical (unpaired) electrons. The predicted molar refractivity (Wildman–Crippen MR) is 89.6 cm³/mol. The van der Waals surface area contributed by atoms with Gasteiger partial charge in [0.25, 0.3) is 5.91 Å². The van der Waals surface area contributed by atoms with E-state index in [0.29, 0.717) is 11.3 Å². The number of aryl methyl sites for hydroxylation is 2. The molecule has 0 saturated heterocycles. The summed E-state index contributed by atoms with van der Waals surface area (Å²) in [6.07, 6.45) is 0.972. The van der Waals surface area contributed by atoms with E-state index in [4.69, 9.17) is 4.74 Å². The van der Waals surface area contributed by atoms with Gasteiger partial charge in [0.1, 0.15) is 5.75 Å². The molecule has 0 aliphatic heterocycles. The Labute approximate surface area is 133 Å². The minimum atomic E-state index is -0.163. The number of methoxy groups -OCH3 is 1. The summed E-state index contributed by atoms with van der Waals surface area (Å²) < 4.78 is 5.24. The van der Waals surface area contributed by atoms with Crippen molar-refractivity contribution < 1.29 is 9.53 Å². The van der Waals surface area contributed by atoms with Crippen molar-refractivity contribution in [2.45, 2.75) is 13.3 Å². The first kappa shape index (κ1) is 15.6. The molecule has 2 aromatic rings. The molecule has 1 amide bonds. The van der Waals surface area contributed by atoms with Crippen LogP contribution in [0.4, 0.5) is 5.69 Å². The molecule has 1 N–H and O–H groups in total. The Morgan fingerprint density at radius 1 is 1.19 bits per heavy atom. The van der Waals surface area contributed by atoms with Crippen molar-refractivity contribution in [3.8, 4) is 5.75 Å². The highest BCUT2D eigenvalue weighted by Gasteiger charge is 2.12. The van der Waals surface area contributed by atoms with E-state index < -0.39 is 0 Å². The zero-order valence-corrected chi connectivity index (χ0v) is 13.7. The summed E-state index contributed by atoms with van der Waals surface area (Å²) in [7, 11) is 1.57. The van der Waals surface area contributed by atoms with Crippen molar-refractivity contribution in [1.82, 2.24) is 0 Å². The SMILES string of the molecule is COc1ccc(C)cc1C(=O)Nc1ccc(CCBr)cc1. The lowest BCUT2D eigenvalue weighted by atomic mass is 10.1. The number of carbonyl (C=O) groups excluding carboxylic acids is 1. The largest absolute Gasteiger partial charge is 0.496 e. The lowest BCUT2D eigenvalue weighted by Gasteiger charge is -2.10. The molecule has 0 aliphatic rings. The number of anilines is 1. The molecule has 0 bridgehead atoms. The fraction of sp³-hybridized carbons (Fsp3) is 0.235. The van der Waals surface area contributed by atoms with Gasteiger partial charge in [-0.1, -0.05) is 39.7 Å². The molecule has 0 aliphatic carbocycles. The second-order valence-corrected chi connectivity index (χ2v) is 5.59. The molecule has 21 heavy (non-hydrogen) atoms. The number of hydrogen-bond acceptors (Lipinski definition) is 2. The van der Waals surface area contributed by atoms with Crippen LogP contribution in [0.15, 0.2) is 42.5 Å². The number of benzene rings is 2. The van der Waals surface area contributed by atoms with Gasteiger partial charge in [-0.2, -0.15) is 0 Å². The fourth-order valence-corrected chi connectivity index (χ4v) is 2.52. The Morgan fingerprint density at radius 2 is 1.90 bits per heavy atom. The zero-order valence-electron chi connectivity index (χ0n) is 12.2. The summed E-state index contributed by atoms with van der Waals surface area (Å²) in [6, 6.07) is 13.4. The molecular weight excluding hydrogens is 330 g/mol. The normalized spacial score (nSPS) is 10.2. The third-order valence-corrected chi connectivity index (χ3v) is 3.59. The highest BCUT2D eigenvalue weighted by atomic mass is 79.9. The van der Waals surface area contributed by atoms with Crippen molar-refractivity contribution in [1.29, 1.82) is 0 Å². The lowest BCUT2D eigenvalue weighted by molar-refractivity contribution is 0.102. The molecule has 0 atom stereocenters.